The average molecular weight is 370 g/mol. The second-order valence-electron chi connectivity index (χ2n) is 7.43. The summed E-state index contributed by atoms with van der Waals surface area (Å²) in [5.41, 5.74) is 7.84. The van der Waals surface area contributed by atoms with Crippen LogP contribution in [0.1, 0.15) is 43.3 Å². The quantitative estimate of drug-likeness (QED) is 0.874. The van der Waals surface area contributed by atoms with Gasteiger partial charge in [0, 0.05) is 30.0 Å². The van der Waals surface area contributed by atoms with E-state index >= 15 is 0 Å². The molecule has 0 spiro atoms. The van der Waals surface area contributed by atoms with E-state index in [4.69, 9.17) is 5.73 Å². The van der Waals surface area contributed by atoms with Gasteiger partial charge in [0.25, 0.3) is 0 Å². The normalized spacial score (nSPS) is 21.0. The molecule has 2 aromatic rings. The minimum Gasteiger partial charge on any atom is -0.368 e. The van der Waals surface area contributed by atoms with Crippen LogP contribution >= 0.6 is 11.3 Å². The van der Waals surface area contributed by atoms with Crippen LogP contribution in [-0.4, -0.2) is 39.3 Å². The van der Waals surface area contributed by atoms with Gasteiger partial charge in [0.15, 0.2) is 0 Å². The molecule has 6 nitrogen and oxygen atoms in total. The largest absolute Gasteiger partial charge is 0.368 e. The zero-order chi connectivity index (χ0) is 18.3. The van der Waals surface area contributed by atoms with Gasteiger partial charge in [0.05, 0.1) is 11.3 Å². The van der Waals surface area contributed by atoms with Crippen LogP contribution in [0.25, 0.3) is 10.4 Å². The fraction of sp³-hybridized carbons (Fsp3) is 0.474. The van der Waals surface area contributed by atoms with Crippen molar-refractivity contribution < 1.29 is 9.59 Å². The van der Waals surface area contributed by atoms with Crippen molar-refractivity contribution >= 4 is 23.2 Å². The molecule has 2 aromatic heterocycles. The third-order valence-corrected chi connectivity index (χ3v) is 6.47. The lowest BCUT2D eigenvalue weighted by Gasteiger charge is -2.21. The third-order valence-electron chi connectivity index (χ3n) is 5.42. The number of carbonyl (C=O) groups excluding carboxylic acids is 2. The number of carbonyl (C=O) groups is 2. The van der Waals surface area contributed by atoms with E-state index in [1.807, 2.05) is 18.5 Å². The zero-order valence-corrected chi connectivity index (χ0v) is 15.6. The van der Waals surface area contributed by atoms with E-state index in [9.17, 15) is 9.59 Å². The van der Waals surface area contributed by atoms with Gasteiger partial charge in [0.2, 0.25) is 11.8 Å². The fourth-order valence-corrected chi connectivity index (χ4v) is 4.38. The monoisotopic (exact) mass is 370 g/mol. The number of primary amides is 1. The van der Waals surface area contributed by atoms with Gasteiger partial charge >= 0.3 is 0 Å². The highest BCUT2D eigenvalue weighted by molar-refractivity contribution is 7.15. The van der Waals surface area contributed by atoms with Gasteiger partial charge in [-0.1, -0.05) is 6.92 Å². The summed E-state index contributed by atoms with van der Waals surface area (Å²) in [6.07, 6.45) is 7.72. The van der Waals surface area contributed by atoms with Crippen LogP contribution in [-0.2, 0) is 21.4 Å². The number of aromatic nitrogens is 2. The van der Waals surface area contributed by atoms with E-state index in [0.717, 1.165) is 27.6 Å². The number of likely N-dealkylation sites (tertiary alicyclic amines) is 1. The molecule has 1 saturated heterocycles. The highest BCUT2D eigenvalue weighted by atomic mass is 32.1. The average Bonchev–Trinajstić information content (AvgIpc) is 3.05. The van der Waals surface area contributed by atoms with Crippen LogP contribution in [0.15, 0.2) is 24.5 Å². The van der Waals surface area contributed by atoms with Crippen molar-refractivity contribution in [2.45, 2.75) is 50.5 Å². The van der Waals surface area contributed by atoms with Crippen molar-refractivity contribution in [3.63, 3.8) is 0 Å². The molecule has 2 amide bonds. The molecule has 7 heteroatoms. The number of hydrogen-bond donors (Lipinski definition) is 1. The van der Waals surface area contributed by atoms with Crippen LogP contribution in [0.5, 0.6) is 0 Å². The third kappa shape index (κ3) is 3.23. The lowest BCUT2D eigenvalue weighted by Crippen LogP contribution is -2.44. The summed E-state index contributed by atoms with van der Waals surface area (Å²) in [6, 6.07) is 3.65. The molecule has 1 atom stereocenters. The Kier molecular flexibility index (Phi) is 4.26. The van der Waals surface area contributed by atoms with Crippen molar-refractivity contribution in [1.29, 1.82) is 0 Å². The predicted molar refractivity (Wildman–Crippen MR) is 99.6 cm³/mol. The summed E-state index contributed by atoms with van der Waals surface area (Å²) in [5, 5.41) is 0.760. The molecule has 1 aliphatic carbocycles. The van der Waals surface area contributed by atoms with E-state index in [-0.39, 0.29) is 17.7 Å². The number of nitrogens with two attached hydrogens (primary N) is 1. The van der Waals surface area contributed by atoms with Crippen molar-refractivity contribution in [2.24, 2.45) is 5.73 Å². The van der Waals surface area contributed by atoms with Crippen LogP contribution in [0.2, 0.25) is 0 Å². The van der Waals surface area contributed by atoms with E-state index in [2.05, 4.69) is 23.0 Å². The van der Waals surface area contributed by atoms with Gasteiger partial charge in [0.1, 0.15) is 11.0 Å². The molecule has 0 radical (unpaired) electrons. The number of nitrogens with zero attached hydrogens (tertiary/aromatic N) is 3. The van der Waals surface area contributed by atoms with E-state index in [0.29, 0.717) is 13.0 Å². The topological polar surface area (TPSA) is 89.2 Å². The number of pyridine rings is 1. The van der Waals surface area contributed by atoms with Gasteiger partial charge in [-0.3, -0.25) is 14.6 Å². The van der Waals surface area contributed by atoms with Gasteiger partial charge in [-0.15, -0.1) is 11.3 Å². The summed E-state index contributed by atoms with van der Waals surface area (Å²) in [7, 11) is 0. The molecule has 0 aromatic carbocycles. The maximum Gasteiger partial charge on any atom is 0.240 e. The molecule has 3 heterocycles. The van der Waals surface area contributed by atoms with Crippen LogP contribution in [0.3, 0.4) is 0 Å². The highest BCUT2D eigenvalue weighted by Crippen LogP contribution is 2.47. The van der Waals surface area contributed by atoms with E-state index < -0.39 is 11.9 Å². The molecule has 26 heavy (non-hydrogen) atoms. The Labute approximate surface area is 156 Å². The summed E-state index contributed by atoms with van der Waals surface area (Å²) < 4.78 is 0. The Morgan fingerprint density at radius 1 is 1.38 bits per heavy atom. The van der Waals surface area contributed by atoms with Crippen molar-refractivity contribution in [3.8, 4) is 10.4 Å². The Balaban J connectivity index is 1.48. The fourth-order valence-electron chi connectivity index (χ4n) is 3.47. The van der Waals surface area contributed by atoms with Crippen molar-refractivity contribution in [3.05, 3.63) is 35.2 Å². The molecular formula is C19H22N4O2S. The van der Waals surface area contributed by atoms with Gasteiger partial charge in [-0.2, -0.15) is 0 Å². The van der Waals surface area contributed by atoms with E-state index in [1.54, 1.807) is 4.90 Å². The lowest BCUT2D eigenvalue weighted by atomic mass is 10.0. The number of hydrogen-bond acceptors (Lipinski definition) is 5. The standard InChI is InChI=1S/C19H22N4O2S/c1-19(5-6-19)15-9-12(4-7-21-15)14-11-22-16(26-14)10-17(24)23-8-2-3-13(23)18(20)25/h4,7,9,11,13H,2-3,5-6,8,10H2,1H3,(H2,20,25)/t13-/m0/s1. The minimum absolute atomic E-state index is 0.0758. The molecule has 0 unspecified atom stereocenters. The molecule has 0 bridgehead atoms. The van der Waals surface area contributed by atoms with Gasteiger partial charge in [-0.25, -0.2) is 4.98 Å². The van der Waals surface area contributed by atoms with Gasteiger partial charge < -0.3 is 10.6 Å². The Bertz CT molecular complexity index is 859. The molecule has 136 valence electrons. The summed E-state index contributed by atoms with van der Waals surface area (Å²) in [5.74, 6) is -0.498. The molecule has 2 fully saturated rings. The van der Waals surface area contributed by atoms with Crippen LogP contribution < -0.4 is 5.73 Å². The first-order valence-corrected chi connectivity index (χ1v) is 9.78. The summed E-state index contributed by atoms with van der Waals surface area (Å²) in [6.45, 7) is 2.83. The maximum absolute atomic E-state index is 12.5. The first-order chi connectivity index (χ1) is 12.5. The highest BCUT2D eigenvalue weighted by Gasteiger charge is 2.40. The molecule has 1 saturated carbocycles. The Morgan fingerprint density at radius 3 is 2.92 bits per heavy atom. The first kappa shape index (κ1) is 17.1. The molecular weight excluding hydrogens is 348 g/mol. The first-order valence-electron chi connectivity index (χ1n) is 8.97. The van der Waals surface area contributed by atoms with Gasteiger partial charge in [-0.05, 0) is 43.4 Å². The minimum atomic E-state index is -0.469. The molecule has 1 aliphatic heterocycles. The second kappa shape index (κ2) is 6.46. The zero-order valence-electron chi connectivity index (χ0n) is 14.8. The SMILES string of the molecule is CC1(c2cc(-c3cnc(CC(=O)N4CCC[C@H]4C(N)=O)s3)ccn2)CC1. The molecule has 2 aliphatic rings. The predicted octanol–water partition coefficient (Wildman–Crippen LogP) is 2.28. The second-order valence-corrected chi connectivity index (χ2v) is 8.55. The Hall–Kier alpha value is -2.28. The lowest BCUT2D eigenvalue weighted by molar-refractivity contribution is -0.136. The van der Waals surface area contributed by atoms with E-state index in [1.165, 1.54) is 24.2 Å². The molecule has 2 N–H and O–H groups in total. The Morgan fingerprint density at radius 2 is 2.19 bits per heavy atom. The van der Waals surface area contributed by atoms with Crippen molar-refractivity contribution in [1.82, 2.24) is 14.9 Å². The van der Waals surface area contributed by atoms with Crippen molar-refractivity contribution in [2.75, 3.05) is 6.54 Å². The molecule has 4 rings (SSSR count). The van der Waals surface area contributed by atoms with Crippen LogP contribution in [0.4, 0.5) is 0 Å². The van der Waals surface area contributed by atoms with Crippen LogP contribution in [0, 0.1) is 0 Å². The maximum atomic E-state index is 12.5. The number of rotatable bonds is 5. The summed E-state index contributed by atoms with van der Waals surface area (Å²) >= 11 is 1.52. The number of amides is 2. The number of thiazole rings is 1. The summed E-state index contributed by atoms with van der Waals surface area (Å²) in [4.78, 5) is 35.6. The smallest absolute Gasteiger partial charge is 0.240 e.